The Labute approximate surface area is 112 Å². The van der Waals surface area contributed by atoms with Gasteiger partial charge in [-0.05, 0) is 36.2 Å². The Morgan fingerprint density at radius 1 is 1.11 bits per heavy atom. The first-order valence-corrected chi connectivity index (χ1v) is 9.72. The van der Waals surface area contributed by atoms with Crippen molar-refractivity contribution in [2.75, 3.05) is 0 Å². The second-order valence-electron chi connectivity index (χ2n) is 6.61. The number of hydrogen-bond acceptors (Lipinski definition) is 2. The van der Waals surface area contributed by atoms with Gasteiger partial charge in [0.25, 0.3) is 0 Å². The van der Waals surface area contributed by atoms with Crippen LogP contribution in [0.5, 0.6) is 0 Å². The van der Waals surface area contributed by atoms with Crippen molar-refractivity contribution >= 4 is 8.32 Å². The van der Waals surface area contributed by atoms with E-state index in [1.807, 2.05) is 12.1 Å². The first-order valence-electron chi connectivity index (χ1n) is 6.31. The number of nitriles is 1. The zero-order valence-electron chi connectivity index (χ0n) is 12.2. The Balaban J connectivity index is 2.94. The summed E-state index contributed by atoms with van der Waals surface area (Å²) in [5, 5.41) is 9.22. The normalized spacial score (nSPS) is 14.1. The van der Waals surface area contributed by atoms with Gasteiger partial charge in [0.1, 0.15) is 0 Å². The molecule has 0 aliphatic rings. The second-order valence-corrected chi connectivity index (χ2v) is 11.1. The van der Waals surface area contributed by atoms with E-state index in [0.717, 1.165) is 5.56 Å². The molecule has 18 heavy (non-hydrogen) atoms. The van der Waals surface area contributed by atoms with E-state index in [-0.39, 0.29) is 5.41 Å². The molecular formula is C15H23NOSi. The van der Waals surface area contributed by atoms with Gasteiger partial charge < -0.3 is 4.43 Å². The number of rotatable bonds is 3. The molecule has 3 heteroatoms. The standard InChI is InChI=1S/C15H23NOSi/c1-15(2,3)13-9-7-12(8-10-13)14(11-16)17-18(4,5)6/h7-10,14H,1-6H3/t14-/m1/s1. The van der Waals surface area contributed by atoms with Crippen molar-refractivity contribution in [3.8, 4) is 6.07 Å². The van der Waals surface area contributed by atoms with Crippen LogP contribution < -0.4 is 0 Å². The van der Waals surface area contributed by atoms with E-state index in [9.17, 15) is 5.26 Å². The SMILES string of the molecule is CC(C)(C)c1ccc([C@@H](C#N)O[Si](C)(C)C)cc1. The smallest absolute Gasteiger partial charge is 0.186 e. The highest BCUT2D eigenvalue weighted by molar-refractivity contribution is 6.69. The maximum atomic E-state index is 9.22. The van der Waals surface area contributed by atoms with Gasteiger partial charge in [-0.15, -0.1) is 0 Å². The molecule has 0 amide bonds. The molecule has 0 radical (unpaired) electrons. The van der Waals surface area contributed by atoms with Crippen molar-refractivity contribution in [3.05, 3.63) is 35.4 Å². The minimum absolute atomic E-state index is 0.139. The molecule has 0 heterocycles. The Hall–Kier alpha value is -1.11. The lowest BCUT2D eigenvalue weighted by atomic mass is 9.86. The van der Waals surface area contributed by atoms with Crippen LogP contribution in [-0.4, -0.2) is 8.32 Å². The Kier molecular flexibility index (Phi) is 4.36. The molecule has 0 fully saturated rings. The fourth-order valence-electron chi connectivity index (χ4n) is 1.68. The van der Waals surface area contributed by atoms with E-state index in [0.29, 0.717) is 0 Å². The summed E-state index contributed by atoms with van der Waals surface area (Å²) in [4.78, 5) is 0. The highest BCUT2D eigenvalue weighted by atomic mass is 28.4. The van der Waals surface area contributed by atoms with Gasteiger partial charge in [0.05, 0.1) is 6.07 Å². The summed E-state index contributed by atoms with van der Waals surface area (Å²) < 4.78 is 5.88. The molecular weight excluding hydrogens is 238 g/mol. The zero-order valence-corrected chi connectivity index (χ0v) is 13.2. The van der Waals surface area contributed by atoms with Crippen molar-refractivity contribution in [3.63, 3.8) is 0 Å². The average Bonchev–Trinajstić information content (AvgIpc) is 2.24. The third-order valence-corrected chi connectivity index (χ3v) is 3.61. The summed E-state index contributed by atoms with van der Waals surface area (Å²) in [5.41, 5.74) is 2.36. The van der Waals surface area contributed by atoms with Gasteiger partial charge in [0.15, 0.2) is 14.4 Å². The highest BCUT2D eigenvalue weighted by Gasteiger charge is 2.22. The van der Waals surface area contributed by atoms with Crippen LogP contribution in [0.15, 0.2) is 24.3 Å². The predicted molar refractivity (Wildman–Crippen MR) is 77.9 cm³/mol. The van der Waals surface area contributed by atoms with Gasteiger partial charge in [-0.3, -0.25) is 0 Å². The van der Waals surface area contributed by atoms with E-state index in [4.69, 9.17) is 4.43 Å². The van der Waals surface area contributed by atoms with Crippen LogP contribution in [0.25, 0.3) is 0 Å². The van der Waals surface area contributed by atoms with E-state index in [1.54, 1.807) is 0 Å². The second kappa shape index (κ2) is 5.25. The molecule has 0 saturated carbocycles. The average molecular weight is 261 g/mol. The minimum atomic E-state index is -1.70. The zero-order chi connectivity index (χ0) is 14.0. The van der Waals surface area contributed by atoms with Crippen LogP contribution >= 0.6 is 0 Å². The van der Waals surface area contributed by atoms with Crippen LogP contribution in [0, 0.1) is 11.3 Å². The van der Waals surface area contributed by atoms with Crippen molar-refractivity contribution in [2.45, 2.75) is 51.9 Å². The summed E-state index contributed by atoms with van der Waals surface area (Å²) in [6, 6.07) is 10.4. The van der Waals surface area contributed by atoms with Crippen molar-refractivity contribution in [1.29, 1.82) is 5.26 Å². The van der Waals surface area contributed by atoms with Crippen molar-refractivity contribution < 1.29 is 4.43 Å². The summed E-state index contributed by atoms with van der Waals surface area (Å²) in [7, 11) is -1.70. The number of benzene rings is 1. The maximum Gasteiger partial charge on any atom is 0.186 e. The lowest BCUT2D eigenvalue weighted by Gasteiger charge is -2.23. The molecule has 98 valence electrons. The first kappa shape index (κ1) is 14.9. The van der Waals surface area contributed by atoms with Gasteiger partial charge >= 0.3 is 0 Å². The molecule has 0 unspecified atom stereocenters. The molecule has 1 aromatic rings. The lowest BCUT2D eigenvalue weighted by molar-refractivity contribution is 0.255. The maximum absolute atomic E-state index is 9.22. The van der Waals surface area contributed by atoms with Crippen LogP contribution in [0.4, 0.5) is 0 Å². The molecule has 0 saturated heterocycles. The van der Waals surface area contributed by atoms with E-state index in [1.165, 1.54) is 5.56 Å². The summed E-state index contributed by atoms with van der Waals surface area (Å²) >= 11 is 0. The quantitative estimate of drug-likeness (QED) is 0.755. The van der Waals surface area contributed by atoms with E-state index >= 15 is 0 Å². The van der Waals surface area contributed by atoms with Gasteiger partial charge in [-0.25, -0.2) is 0 Å². The molecule has 1 aromatic carbocycles. The summed E-state index contributed by atoms with van der Waals surface area (Å²) in [5.74, 6) is 0. The Bertz CT molecular complexity index is 432. The van der Waals surface area contributed by atoms with Crippen LogP contribution in [0.3, 0.4) is 0 Å². The first-order chi connectivity index (χ1) is 8.13. The molecule has 0 N–H and O–H groups in total. The minimum Gasteiger partial charge on any atom is -0.399 e. The summed E-state index contributed by atoms with van der Waals surface area (Å²) in [6.07, 6.45) is -0.439. The van der Waals surface area contributed by atoms with Crippen molar-refractivity contribution in [1.82, 2.24) is 0 Å². The van der Waals surface area contributed by atoms with Gasteiger partial charge in [-0.2, -0.15) is 5.26 Å². The highest BCUT2D eigenvalue weighted by Crippen LogP contribution is 2.26. The fourth-order valence-corrected chi connectivity index (χ4v) is 2.58. The van der Waals surface area contributed by atoms with E-state index in [2.05, 4.69) is 58.6 Å². The third-order valence-electron chi connectivity index (χ3n) is 2.67. The largest absolute Gasteiger partial charge is 0.399 e. The third kappa shape index (κ3) is 4.28. The Morgan fingerprint density at radius 2 is 1.61 bits per heavy atom. The summed E-state index contributed by atoms with van der Waals surface area (Å²) in [6.45, 7) is 12.8. The predicted octanol–water partition coefficient (Wildman–Crippen LogP) is 4.40. The molecule has 0 bridgehead atoms. The Morgan fingerprint density at radius 3 is 1.94 bits per heavy atom. The molecule has 0 spiro atoms. The molecule has 1 rings (SSSR count). The lowest BCUT2D eigenvalue weighted by Crippen LogP contribution is -2.27. The van der Waals surface area contributed by atoms with E-state index < -0.39 is 14.4 Å². The molecule has 0 aliphatic heterocycles. The topological polar surface area (TPSA) is 33.0 Å². The molecule has 0 aromatic heterocycles. The molecule has 2 nitrogen and oxygen atoms in total. The van der Waals surface area contributed by atoms with Crippen LogP contribution in [0.2, 0.25) is 19.6 Å². The van der Waals surface area contributed by atoms with Crippen LogP contribution in [-0.2, 0) is 9.84 Å². The monoisotopic (exact) mass is 261 g/mol. The molecule has 0 aliphatic carbocycles. The van der Waals surface area contributed by atoms with Crippen LogP contribution in [0.1, 0.15) is 38.0 Å². The number of hydrogen-bond donors (Lipinski definition) is 0. The van der Waals surface area contributed by atoms with Gasteiger partial charge in [0.2, 0.25) is 0 Å². The van der Waals surface area contributed by atoms with Gasteiger partial charge in [-0.1, -0.05) is 45.0 Å². The molecule has 1 atom stereocenters. The van der Waals surface area contributed by atoms with Crippen molar-refractivity contribution in [2.24, 2.45) is 0 Å². The van der Waals surface area contributed by atoms with Gasteiger partial charge in [0, 0.05) is 0 Å². The number of nitrogens with zero attached hydrogens (tertiary/aromatic N) is 1. The fraction of sp³-hybridized carbons (Fsp3) is 0.533.